The molecule has 2 aromatic rings. The topological polar surface area (TPSA) is 83.0 Å². The van der Waals surface area contributed by atoms with E-state index >= 15 is 0 Å². The molecule has 0 aliphatic carbocycles. The van der Waals surface area contributed by atoms with Gasteiger partial charge in [0.15, 0.2) is 0 Å². The molecule has 0 amide bonds. The first kappa shape index (κ1) is 17.5. The fourth-order valence-corrected chi connectivity index (χ4v) is 3.01. The maximum Gasteiger partial charge on any atom is 0.434 e. The third kappa shape index (κ3) is 4.41. The van der Waals surface area contributed by atoms with Gasteiger partial charge in [-0.1, -0.05) is 0 Å². The van der Waals surface area contributed by atoms with Gasteiger partial charge in [-0.3, -0.25) is 0 Å². The van der Waals surface area contributed by atoms with Gasteiger partial charge in [0.05, 0.1) is 5.56 Å². The fraction of sp³-hybridized carbons (Fsp3) is 0.500. The van der Waals surface area contributed by atoms with Crippen molar-refractivity contribution in [1.82, 2.24) is 15.5 Å². The van der Waals surface area contributed by atoms with Crippen molar-refractivity contribution in [3.8, 4) is 11.5 Å². The second-order valence-corrected chi connectivity index (χ2v) is 6.09. The number of aromatic amines is 1. The number of benzene rings is 1. The van der Waals surface area contributed by atoms with Crippen LogP contribution in [0.2, 0.25) is 0 Å². The maximum atomic E-state index is 13.2. The van der Waals surface area contributed by atoms with Crippen molar-refractivity contribution in [1.29, 1.82) is 0 Å². The number of aromatic nitrogens is 2. The molecule has 136 valence electrons. The molecule has 1 aliphatic rings. The van der Waals surface area contributed by atoms with E-state index in [1.54, 1.807) is 0 Å². The van der Waals surface area contributed by atoms with Crippen LogP contribution in [0.1, 0.15) is 24.8 Å². The number of hydrogen-bond donors (Lipinski definition) is 3. The standard InChI is InChI=1S/C16H19F3N4O2/c17-16(18,19)12-2-1-11(14-22-23-15(24)25-14)9-13(12)21-8-5-10-3-6-20-7-4-10/h1-2,9-10,20-21H,3-8H2,(H,23,24). The normalized spacial score (nSPS) is 16.1. The van der Waals surface area contributed by atoms with Crippen LogP contribution in [0.15, 0.2) is 27.4 Å². The zero-order valence-electron chi connectivity index (χ0n) is 13.4. The van der Waals surface area contributed by atoms with Crippen molar-refractivity contribution in [2.45, 2.75) is 25.4 Å². The molecule has 3 rings (SSSR count). The van der Waals surface area contributed by atoms with Gasteiger partial charge in [0, 0.05) is 17.8 Å². The molecule has 1 fully saturated rings. The van der Waals surface area contributed by atoms with Crippen molar-refractivity contribution in [2.75, 3.05) is 25.0 Å². The number of rotatable bonds is 5. The molecule has 0 atom stereocenters. The first-order valence-electron chi connectivity index (χ1n) is 8.15. The summed E-state index contributed by atoms with van der Waals surface area (Å²) in [6.45, 7) is 2.35. The lowest BCUT2D eigenvalue weighted by molar-refractivity contribution is -0.136. The summed E-state index contributed by atoms with van der Waals surface area (Å²) in [5.74, 6) is -0.286. The monoisotopic (exact) mass is 356 g/mol. The summed E-state index contributed by atoms with van der Waals surface area (Å²) in [4.78, 5) is 11.0. The van der Waals surface area contributed by atoms with Gasteiger partial charge in [-0.05, 0) is 56.5 Å². The average Bonchev–Trinajstić information content (AvgIpc) is 3.01. The molecular weight excluding hydrogens is 337 g/mol. The molecule has 0 radical (unpaired) electrons. The Balaban J connectivity index is 1.77. The maximum absolute atomic E-state index is 13.2. The van der Waals surface area contributed by atoms with Crippen molar-refractivity contribution in [3.63, 3.8) is 0 Å². The van der Waals surface area contributed by atoms with Crippen LogP contribution in [0.4, 0.5) is 18.9 Å². The molecule has 1 aromatic carbocycles. The van der Waals surface area contributed by atoms with E-state index in [2.05, 4.69) is 20.8 Å². The summed E-state index contributed by atoms with van der Waals surface area (Å²) in [6.07, 6.45) is -1.60. The Morgan fingerprint density at radius 3 is 2.68 bits per heavy atom. The molecule has 1 aromatic heterocycles. The van der Waals surface area contributed by atoms with E-state index in [9.17, 15) is 18.0 Å². The summed E-state index contributed by atoms with van der Waals surface area (Å²) in [5.41, 5.74) is -0.486. The van der Waals surface area contributed by atoms with Crippen LogP contribution in [0, 0.1) is 5.92 Å². The van der Waals surface area contributed by atoms with Gasteiger partial charge in [0.25, 0.3) is 0 Å². The molecular formula is C16H19F3N4O2. The van der Waals surface area contributed by atoms with E-state index in [4.69, 9.17) is 4.42 Å². The molecule has 2 heterocycles. The molecule has 0 unspecified atom stereocenters. The van der Waals surface area contributed by atoms with Crippen LogP contribution in [-0.4, -0.2) is 29.8 Å². The molecule has 3 N–H and O–H groups in total. The first-order valence-corrected chi connectivity index (χ1v) is 8.15. The predicted octanol–water partition coefficient (Wildman–Crippen LogP) is 2.85. The van der Waals surface area contributed by atoms with E-state index in [1.165, 1.54) is 12.1 Å². The number of nitrogens with zero attached hydrogens (tertiary/aromatic N) is 1. The second kappa shape index (κ2) is 7.30. The highest BCUT2D eigenvalue weighted by atomic mass is 19.4. The van der Waals surface area contributed by atoms with Crippen LogP contribution in [-0.2, 0) is 6.18 Å². The molecule has 1 aliphatic heterocycles. The number of anilines is 1. The predicted molar refractivity (Wildman–Crippen MR) is 86.3 cm³/mol. The molecule has 0 bridgehead atoms. The number of halogens is 3. The molecule has 6 nitrogen and oxygen atoms in total. The van der Waals surface area contributed by atoms with Crippen LogP contribution in [0.25, 0.3) is 11.5 Å². The largest absolute Gasteiger partial charge is 0.434 e. The first-order chi connectivity index (χ1) is 11.9. The highest BCUT2D eigenvalue weighted by molar-refractivity contribution is 5.65. The van der Waals surface area contributed by atoms with Crippen LogP contribution < -0.4 is 16.4 Å². The lowest BCUT2D eigenvalue weighted by atomic mass is 9.94. The van der Waals surface area contributed by atoms with Crippen molar-refractivity contribution in [3.05, 3.63) is 34.3 Å². The van der Waals surface area contributed by atoms with Crippen molar-refractivity contribution in [2.24, 2.45) is 5.92 Å². The van der Waals surface area contributed by atoms with E-state index < -0.39 is 17.5 Å². The SMILES string of the molecule is O=c1[nH]nc(-c2ccc(C(F)(F)F)c(NCCC3CCNCC3)c2)o1. The van der Waals surface area contributed by atoms with Gasteiger partial charge in [-0.15, -0.1) is 5.10 Å². The summed E-state index contributed by atoms with van der Waals surface area (Å²) in [6, 6.07) is 3.52. The molecule has 0 saturated carbocycles. The lowest BCUT2D eigenvalue weighted by Crippen LogP contribution is -2.28. The Morgan fingerprint density at radius 1 is 1.28 bits per heavy atom. The number of hydrogen-bond acceptors (Lipinski definition) is 5. The summed E-state index contributed by atoms with van der Waals surface area (Å²) in [5, 5.41) is 11.9. The number of H-pyrrole nitrogens is 1. The molecule has 0 spiro atoms. The average molecular weight is 356 g/mol. The number of piperidine rings is 1. The van der Waals surface area contributed by atoms with E-state index in [0.29, 0.717) is 18.0 Å². The second-order valence-electron chi connectivity index (χ2n) is 6.09. The zero-order chi connectivity index (χ0) is 17.9. The van der Waals surface area contributed by atoms with Crippen molar-refractivity contribution >= 4 is 5.69 Å². The number of nitrogens with one attached hydrogen (secondary N) is 3. The minimum atomic E-state index is -4.47. The van der Waals surface area contributed by atoms with E-state index in [1.807, 2.05) is 0 Å². The van der Waals surface area contributed by atoms with Crippen LogP contribution >= 0.6 is 0 Å². The van der Waals surface area contributed by atoms with Crippen LogP contribution in [0.5, 0.6) is 0 Å². The Hall–Kier alpha value is -2.29. The van der Waals surface area contributed by atoms with Gasteiger partial charge in [0.2, 0.25) is 5.89 Å². The zero-order valence-corrected chi connectivity index (χ0v) is 13.4. The van der Waals surface area contributed by atoms with Crippen molar-refractivity contribution < 1.29 is 17.6 Å². The quantitative estimate of drug-likeness (QED) is 0.767. The van der Waals surface area contributed by atoms with Gasteiger partial charge < -0.3 is 15.1 Å². The van der Waals surface area contributed by atoms with Gasteiger partial charge in [0.1, 0.15) is 0 Å². The van der Waals surface area contributed by atoms with Gasteiger partial charge in [-0.2, -0.15) is 13.2 Å². The van der Waals surface area contributed by atoms with E-state index in [0.717, 1.165) is 38.4 Å². The van der Waals surface area contributed by atoms with Gasteiger partial charge >= 0.3 is 11.9 Å². The third-order valence-electron chi connectivity index (χ3n) is 4.34. The summed E-state index contributed by atoms with van der Waals surface area (Å²) < 4.78 is 44.5. The number of alkyl halides is 3. The molecule has 1 saturated heterocycles. The minimum absolute atomic E-state index is 0.0374. The third-order valence-corrected chi connectivity index (χ3v) is 4.34. The lowest BCUT2D eigenvalue weighted by Gasteiger charge is -2.23. The summed E-state index contributed by atoms with van der Waals surface area (Å²) >= 11 is 0. The fourth-order valence-electron chi connectivity index (χ4n) is 3.01. The molecule has 25 heavy (non-hydrogen) atoms. The molecule has 9 heteroatoms. The summed E-state index contributed by atoms with van der Waals surface area (Å²) in [7, 11) is 0. The Bertz CT molecular complexity index is 763. The van der Waals surface area contributed by atoms with Gasteiger partial charge in [-0.25, -0.2) is 9.89 Å². The Morgan fingerprint density at radius 2 is 2.04 bits per heavy atom. The Labute approximate surface area is 141 Å². The minimum Gasteiger partial charge on any atom is -0.388 e. The smallest absolute Gasteiger partial charge is 0.388 e. The highest BCUT2D eigenvalue weighted by Crippen LogP contribution is 2.37. The Kier molecular flexibility index (Phi) is 5.12. The van der Waals surface area contributed by atoms with Crippen LogP contribution in [0.3, 0.4) is 0 Å². The highest BCUT2D eigenvalue weighted by Gasteiger charge is 2.33. The van der Waals surface area contributed by atoms with E-state index in [-0.39, 0.29) is 11.6 Å².